The van der Waals surface area contributed by atoms with E-state index in [4.69, 9.17) is 4.74 Å². The predicted molar refractivity (Wildman–Crippen MR) is 70.1 cm³/mol. The van der Waals surface area contributed by atoms with Crippen molar-refractivity contribution in [2.45, 2.75) is 19.4 Å². The van der Waals surface area contributed by atoms with E-state index in [1.54, 1.807) is 6.07 Å². The third kappa shape index (κ3) is 3.42. The number of rotatable bonds is 7. The number of nitro groups is 1. The van der Waals surface area contributed by atoms with Crippen LogP contribution < -0.4 is 10.1 Å². The Labute approximate surface area is 111 Å². The molecule has 0 unspecified atom stereocenters. The summed E-state index contributed by atoms with van der Waals surface area (Å²) in [5.74, 6) is 0.481. The molecule has 1 saturated carbocycles. The number of aliphatic hydroxyl groups excluding tert-OH is 1. The molecular weight excluding hydrogens is 248 g/mol. The lowest BCUT2D eigenvalue weighted by Crippen LogP contribution is -2.26. The summed E-state index contributed by atoms with van der Waals surface area (Å²) in [7, 11) is 1.49. The Morgan fingerprint density at radius 2 is 2.21 bits per heavy atom. The Morgan fingerprint density at radius 1 is 1.47 bits per heavy atom. The number of non-ortho nitro benzene ring substituents is 1. The first kappa shape index (κ1) is 13.8. The molecule has 0 saturated heterocycles. The van der Waals surface area contributed by atoms with Gasteiger partial charge in [0, 0.05) is 31.2 Å². The van der Waals surface area contributed by atoms with E-state index in [1.807, 2.05) is 0 Å². The minimum Gasteiger partial charge on any atom is -0.496 e. The van der Waals surface area contributed by atoms with Crippen molar-refractivity contribution in [1.82, 2.24) is 5.32 Å². The lowest BCUT2D eigenvalue weighted by atomic mass is 10.1. The van der Waals surface area contributed by atoms with E-state index >= 15 is 0 Å². The van der Waals surface area contributed by atoms with E-state index in [0.717, 1.165) is 24.9 Å². The third-order valence-electron chi connectivity index (χ3n) is 3.52. The normalized spacial score (nSPS) is 16.1. The fourth-order valence-corrected chi connectivity index (χ4v) is 2.01. The summed E-state index contributed by atoms with van der Waals surface area (Å²) in [4.78, 5) is 10.4. The summed E-state index contributed by atoms with van der Waals surface area (Å²) < 4.78 is 5.05. The van der Waals surface area contributed by atoms with Gasteiger partial charge in [0.15, 0.2) is 0 Å². The zero-order valence-electron chi connectivity index (χ0n) is 10.9. The van der Waals surface area contributed by atoms with Crippen LogP contribution in [0.15, 0.2) is 18.2 Å². The molecule has 6 heteroatoms. The van der Waals surface area contributed by atoms with E-state index < -0.39 is 4.92 Å². The van der Waals surface area contributed by atoms with Gasteiger partial charge in [-0.05, 0) is 24.5 Å². The van der Waals surface area contributed by atoms with Gasteiger partial charge in [0.2, 0.25) is 0 Å². The molecule has 0 aliphatic heterocycles. The molecule has 1 fully saturated rings. The van der Waals surface area contributed by atoms with Crippen LogP contribution >= 0.6 is 0 Å². The van der Waals surface area contributed by atoms with Crippen LogP contribution in [0.2, 0.25) is 0 Å². The van der Waals surface area contributed by atoms with Crippen molar-refractivity contribution in [2.75, 3.05) is 20.3 Å². The largest absolute Gasteiger partial charge is 0.496 e. The van der Waals surface area contributed by atoms with Crippen molar-refractivity contribution in [3.05, 3.63) is 33.9 Å². The average Bonchev–Trinajstić information content (AvgIpc) is 3.19. The molecule has 6 nitrogen and oxygen atoms in total. The molecule has 19 heavy (non-hydrogen) atoms. The molecule has 0 bridgehead atoms. The van der Waals surface area contributed by atoms with Crippen LogP contribution in [-0.4, -0.2) is 30.3 Å². The van der Waals surface area contributed by atoms with Gasteiger partial charge in [-0.25, -0.2) is 0 Å². The number of nitrogens with zero attached hydrogens (tertiary/aromatic N) is 1. The Hall–Kier alpha value is -1.66. The summed E-state index contributed by atoms with van der Waals surface area (Å²) in [5, 5.41) is 23.2. The molecular formula is C13H18N2O4. The van der Waals surface area contributed by atoms with Crippen LogP contribution in [0.4, 0.5) is 5.69 Å². The van der Waals surface area contributed by atoms with Gasteiger partial charge in [-0.2, -0.15) is 0 Å². The molecule has 1 aliphatic rings. The Balaban J connectivity index is 1.99. The molecule has 0 spiro atoms. The molecule has 1 aromatic rings. The van der Waals surface area contributed by atoms with E-state index in [-0.39, 0.29) is 17.7 Å². The van der Waals surface area contributed by atoms with Gasteiger partial charge in [-0.15, -0.1) is 0 Å². The van der Waals surface area contributed by atoms with Crippen molar-refractivity contribution in [3.8, 4) is 5.75 Å². The highest BCUT2D eigenvalue weighted by atomic mass is 16.6. The summed E-state index contributed by atoms with van der Waals surface area (Å²) in [6.07, 6.45) is 2.07. The highest BCUT2D eigenvalue weighted by Crippen LogP contribution is 2.44. The fraction of sp³-hybridized carbons (Fsp3) is 0.538. The van der Waals surface area contributed by atoms with Crippen LogP contribution in [0, 0.1) is 15.5 Å². The van der Waals surface area contributed by atoms with Crippen molar-refractivity contribution in [3.63, 3.8) is 0 Å². The second kappa shape index (κ2) is 5.54. The minimum absolute atomic E-state index is 0.0273. The minimum atomic E-state index is -0.428. The molecule has 1 aliphatic carbocycles. The van der Waals surface area contributed by atoms with E-state index in [2.05, 4.69) is 5.32 Å². The summed E-state index contributed by atoms with van der Waals surface area (Å²) in [6.45, 7) is 1.45. The first-order chi connectivity index (χ1) is 9.08. The molecule has 0 amide bonds. The third-order valence-corrected chi connectivity index (χ3v) is 3.52. The quantitative estimate of drug-likeness (QED) is 0.576. The Kier molecular flexibility index (Phi) is 4.01. The smallest absolute Gasteiger partial charge is 0.273 e. The lowest BCUT2D eigenvalue weighted by Gasteiger charge is -2.13. The van der Waals surface area contributed by atoms with Crippen molar-refractivity contribution < 1.29 is 14.8 Å². The number of methoxy groups -OCH3 is 1. The molecule has 0 radical (unpaired) electrons. The van der Waals surface area contributed by atoms with Gasteiger partial charge < -0.3 is 15.2 Å². The highest BCUT2D eigenvalue weighted by molar-refractivity contribution is 5.42. The van der Waals surface area contributed by atoms with E-state index in [0.29, 0.717) is 12.3 Å². The monoisotopic (exact) mass is 266 g/mol. The summed E-state index contributed by atoms with van der Waals surface area (Å²) >= 11 is 0. The van der Waals surface area contributed by atoms with Crippen LogP contribution in [-0.2, 0) is 6.54 Å². The zero-order chi connectivity index (χ0) is 13.9. The average molecular weight is 266 g/mol. The standard InChI is InChI=1S/C13H18N2O4/c1-19-12-5-10(4-11(6-12)15(17)18)7-14-8-13(9-16)2-3-13/h4-6,14,16H,2-3,7-9H2,1H3. The topological polar surface area (TPSA) is 84.6 Å². The molecule has 104 valence electrons. The van der Waals surface area contributed by atoms with Gasteiger partial charge in [-0.3, -0.25) is 10.1 Å². The predicted octanol–water partition coefficient (Wildman–Crippen LogP) is 1.47. The first-order valence-corrected chi connectivity index (χ1v) is 6.22. The summed E-state index contributed by atoms with van der Waals surface area (Å²) in [6, 6.07) is 4.71. The molecule has 2 rings (SSSR count). The number of hydrogen-bond donors (Lipinski definition) is 2. The number of nitro benzene ring substituents is 1. The Morgan fingerprint density at radius 3 is 2.74 bits per heavy atom. The van der Waals surface area contributed by atoms with Gasteiger partial charge in [0.25, 0.3) is 5.69 Å². The number of hydrogen-bond acceptors (Lipinski definition) is 5. The first-order valence-electron chi connectivity index (χ1n) is 6.22. The van der Waals surface area contributed by atoms with Crippen LogP contribution in [0.3, 0.4) is 0 Å². The summed E-state index contributed by atoms with van der Waals surface area (Å²) in [5.41, 5.74) is 0.865. The maximum Gasteiger partial charge on any atom is 0.273 e. The molecule has 0 atom stereocenters. The van der Waals surface area contributed by atoms with Gasteiger partial charge in [-0.1, -0.05) is 0 Å². The lowest BCUT2D eigenvalue weighted by molar-refractivity contribution is -0.385. The maximum atomic E-state index is 10.8. The van der Waals surface area contributed by atoms with Gasteiger partial charge >= 0.3 is 0 Å². The zero-order valence-corrected chi connectivity index (χ0v) is 10.9. The second-order valence-corrected chi connectivity index (χ2v) is 5.06. The highest BCUT2D eigenvalue weighted by Gasteiger charge is 2.41. The van der Waals surface area contributed by atoms with Gasteiger partial charge in [0.05, 0.1) is 18.1 Å². The molecule has 1 aromatic carbocycles. The van der Waals surface area contributed by atoms with E-state index in [1.165, 1.54) is 19.2 Å². The van der Waals surface area contributed by atoms with Crippen LogP contribution in [0.25, 0.3) is 0 Å². The van der Waals surface area contributed by atoms with Crippen molar-refractivity contribution in [1.29, 1.82) is 0 Å². The number of nitrogens with one attached hydrogen (secondary N) is 1. The van der Waals surface area contributed by atoms with Crippen LogP contribution in [0.5, 0.6) is 5.75 Å². The van der Waals surface area contributed by atoms with Crippen LogP contribution in [0.1, 0.15) is 18.4 Å². The molecule has 2 N–H and O–H groups in total. The number of benzene rings is 1. The fourth-order valence-electron chi connectivity index (χ4n) is 2.01. The molecule has 0 heterocycles. The molecule has 0 aromatic heterocycles. The maximum absolute atomic E-state index is 10.8. The second-order valence-electron chi connectivity index (χ2n) is 5.06. The number of aliphatic hydroxyl groups is 1. The Bertz CT molecular complexity index is 472. The SMILES string of the molecule is COc1cc(CNCC2(CO)CC2)cc([N+](=O)[O-])c1. The van der Waals surface area contributed by atoms with Crippen molar-refractivity contribution >= 4 is 5.69 Å². The van der Waals surface area contributed by atoms with E-state index in [9.17, 15) is 15.2 Å². The number of ether oxygens (including phenoxy) is 1. The van der Waals surface area contributed by atoms with Gasteiger partial charge in [0.1, 0.15) is 5.75 Å². The van der Waals surface area contributed by atoms with Crippen molar-refractivity contribution in [2.24, 2.45) is 5.41 Å².